The summed E-state index contributed by atoms with van der Waals surface area (Å²) in [5.41, 5.74) is 1.40. The summed E-state index contributed by atoms with van der Waals surface area (Å²) < 4.78 is 2.31. The number of H-pyrrole nitrogens is 1. The first-order valence-electron chi connectivity index (χ1n) is 9.11. The Balaban J connectivity index is 1.67. The number of hydrogen-bond donors (Lipinski definition) is 2. The highest BCUT2D eigenvalue weighted by Gasteiger charge is 2.35. The summed E-state index contributed by atoms with van der Waals surface area (Å²) in [5.74, 6) is 0.846. The van der Waals surface area contributed by atoms with Gasteiger partial charge in [0, 0.05) is 18.4 Å². The molecule has 3 rings (SSSR count). The minimum Gasteiger partial charge on any atom is -0.354 e. The molecule has 1 aromatic carbocycles. The van der Waals surface area contributed by atoms with Gasteiger partial charge < -0.3 is 5.32 Å². The molecule has 0 saturated heterocycles. The molecule has 0 aliphatic heterocycles. The Bertz CT molecular complexity index is 759. The first kappa shape index (κ1) is 17.9. The Morgan fingerprint density at radius 1 is 1.32 bits per heavy atom. The zero-order valence-corrected chi connectivity index (χ0v) is 15.6. The monoisotopic (exact) mass is 358 g/mol. The van der Waals surface area contributed by atoms with E-state index in [1.54, 1.807) is 4.57 Å². The summed E-state index contributed by atoms with van der Waals surface area (Å²) in [6.45, 7) is 3.01. The molecule has 1 heterocycles. The molecule has 5 nitrogen and oxygen atoms in total. The summed E-state index contributed by atoms with van der Waals surface area (Å²) in [4.78, 5) is 12.5. The van der Waals surface area contributed by atoms with Crippen LogP contribution in [-0.2, 0) is 23.2 Å². The number of amides is 1. The van der Waals surface area contributed by atoms with Crippen LogP contribution in [0.1, 0.15) is 50.4 Å². The Kier molecular flexibility index (Phi) is 5.68. The van der Waals surface area contributed by atoms with Crippen LogP contribution in [0, 0.1) is 4.77 Å². The van der Waals surface area contributed by atoms with Gasteiger partial charge in [-0.1, -0.05) is 50.1 Å². The molecule has 1 saturated carbocycles. The topological polar surface area (TPSA) is 62.7 Å². The van der Waals surface area contributed by atoms with Crippen molar-refractivity contribution in [1.29, 1.82) is 0 Å². The molecular formula is C19H26N4OS. The minimum absolute atomic E-state index is 0.00272. The summed E-state index contributed by atoms with van der Waals surface area (Å²) in [7, 11) is 0. The van der Waals surface area contributed by atoms with Gasteiger partial charge in [0.2, 0.25) is 5.91 Å². The molecule has 1 amide bonds. The highest BCUT2D eigenvalue weighted by atomic mass is 32.1. The molecule has 2 aromatic rings. The number of hydrogen-bond acceptors (Lipinski definition) is 3. The molecule has 1 fully saturated rings. The van der Waals surface area contributed by atoms with Crippen molar-refractivity contribution in [2.24, 2.45) is 0 Å². The fourth-order valence-electron chi connectivity index (χ4n) is 3.81. The highest BCUT2D eigenvalue weighted by Crippen LogP contribution is 2.40. The second-order valence-electron chi connectivity index (χ2n) is 6.91. The van der Waals surface area contributed by atoms with E-state index in [4.69, 9.17) is 12.2 Å². The molecule has 0 atom stereocenters. The van der Waals surface area contributed by atoms with Crippen molar-refractivity contribution in [3.05, 3.63) is 46.5 Å². The summed E-state index contributed by atoms with van der Waals surface area (Å²) in [6.07, 6.45) is 6.48. The van der Waals surface area contributed by atoms with Crippen LogP contribution in [0.5, 0.6) is 0 Å². The zero-order chi connectivity index (χ0) is 17.7. The van der Waals surface area contributed by atoms with Gasteiger partial charge in [-0.15, -0.1) is 0 Å². The van der Waals surface area contributed by atoms with Crippen molar-refractivity contribution in [3.63, 3.8) is 0 Å². The predicted octanol–water partition coefficient (Wildman–Crippen LogP) is 3.52. The molecular weight excluding hydrogens is 332 g/mol. The van der Waals surface area contributed by atoms with Crippen LogP contribution in [0.25, 0.3) is 0 Å². The molecule has 0 radical (unpaired) electrons. The lowest BCUT2D eigenvalue weighted by Gasteiger charge is -2.30. The third-order valence-electron chi connectivity index (χ3n) is 5.18. The number of carbonyl (C=O) groups excluding carboxylic acids is 1. The molecule has 1 aliphatic carbocycles. The Morgan fingerprint density at radius 2 is 2.04 bits per heavy atom. The first-order valence-corrected chi connectivity index (χ1v) is 9.52. The smallest absolute Gasteiger partial charge is 0.240 e. The predicted molar refractivity (Wildman–Crippen MR) is 101 cm³/mol. The standard InChI is InChI=1S/C19H26N4OS/c1-2-8-16-21-22-18(25)23(16)13-17(24)20-14-19(11-6-7-12-19)15-9-4-3-5-10-15/h3-5,9-10H,2,6-8,11-14H2,1H3,(H,20,24)(H,22,25). The maximum absolute atomic E-state index is 12.5. The van der Waals surface area contributed by atoms with E-state index in [9.17, 15) is 4.79 Å². The fourth-order valence-corrected chi connectivity index (χ4v) is 4.02. The quantitative estimate of drug-likeness (QED) is 0.745. The first-order chi connectivity index (χ1) is 12.1. The van der Waals surface area contributed by atoms with Crippen LogP contribution in [0.4, 0.5) is 0 Å². The molecule has 6 heteroatoms. The van der Waals surface area contributed by atoms with E-state index in [-0.39, 0.29) is 17.9 Å². The molecule has 0 spiro atoms. The number of nitrogens with one attached hydrogen (secondary N) is 2. The number of carbonyl (C=O) groups is 1. The van der Waals surface area contributed by atoms with Crippen LogP contribution in [0.15, 0.2) is 30.3 Å². The molecule has 25 heavy (non-hydrogen) atoms. The SMILES string of the molecule is CCCc1n[nH]c(=S)n1CC(=O)NCC1(c2ccccc2)CCCC1. The molecule has 2 N–H and O–H groups in total. The van der Waals surface area contributed by atoms with Crippen molar-refractivity contribution in [2.75, 3.05) is 6.54 Å². The lowest BCUT2D eigenvalue weighted by atomic mass is 9.79. The molecule has 0 unspecified atom stereocenters. The molecule has 1 aliphatic rings. The van der Waals surface area contributed by atoms with Crippen molar-refractivity contribution < 1.29 is 4.79 Å². The average molecular weight is 359 g/mol. The van der Waals surface area contributed by atoms with Gasteiger partial charge in [0.1, 0.15) is 12.4 Å². The van der Waals surface area contributed by atoms with Crippen molar-refractivity contribution in [1.82, 2.24) is 20.1 Å². The Hall–Kier alpha value is -1.95. The number of aromatic nitrogens is 3. The molecule has 0 bridgehead atoms. The van der Waals surface area contributed by atoms with Gasteiger partial charge in [-0.25, -0.2) is 0 Å². The van der Waals surface area contributed by atoms with Gasteiger partial charge in [0.25, 0.3) is 0 Å². The van der Waals surface area contributed by atoms with E-state index in [2.05, 4.69) is 46.7 Å². The van der Waals surface area contributed by atoms with Gasteiger partial charge in [-0.05, 0) is 37.0 Å². The van der Waals surface area contributed by atoms with Crippen LogP contribution < -0.4 is 5.32 Å². The summed E-state index contributed by atoms with van der Waals surface area (Å²) in [5, 5.41) is 10.2. The van der Waals surface area contributed by atoms with Crippen LogP contribution in [0.2, 0.25) is 0 Å². The Labute approximate surface area is 153 Å². The van der Waals surface area contributed by atoms with E-state index in [0.29, 0.717) is 11.3 Å². The van der Waals surface area contributed by atoms with Crippen LogP contribution in [0.3, 0.4) is 0 Å². The Morgan fingerprint density at radius 3 is 2.72 bits per heavy atom. The van der Waals surface area contributed by atoms with Gasteiger partial charge in [-0.3, -0.25) is 14.5 Å². The number of nitrogens with zero attached hydrogens (tertiary/aromatic N) is 2. The van der Waals surface area contributed by atoms with E-state index in [0.717, 1.165) is 31.5 Å². The van der Waals surface area contributed by atoms with E-state index in [1.807, 2.05) is 6.07 Å². The van der Waals surface area contributed by atoms with E-state index < -0.39 is 0 Å². The van der Waals surface area contributed by atoms with Gasteiger partial charge >= 0.3 is 0 Å². The fraction of sp³-hybridized carbons (Fsp3) is 0.526. The number of benzene rings is 1. The van der Waals surface area contributed by atoms with E-state index >= 15 is 0 Å². The number of rotatable bonds is 7. The minimum atomic E-state index is -0.00272. The average Bonchev–Trinajstić information content (AvgIpc) is 3.24. The zero-order valence-electron chi connectivity index (χ0n) is 14.8. The lowest BCUT2D eigenvalue weighted by molar-refractivity contribution is -0.122. The van der Waals surface area contributed by atoms with Gasteiger partial charge in [0.05, 0.1) is 0 Å². The second kappa shape index (κ2) is 7.95. The van der Waals surface area contributed by atoms with Crippen LogP contribution >= 0.6 is 12.2 Å². The van der Waals surface area contributed by atoms with Gasteiger partial charge in [-0.2, -0.15) is 5.10 Å². The maximum atomic E-state index is 12.5. The van der Waals surface area contributed by atoms with Crippen molar-refractivity contribution in [3.8, 4) is 0 Å². The highest BCUT2D eigenvalue weighted by molar-refractivity contribution is 7.71. The number of aryl methyl sites for hydroxylation is 1. The van der Waals surface area contributed by atoms with Crippen LogP contribution in [-0.4, -0.2) is 27.2 Å². The maximum Gasteiger partial charge on any atom is 0.240 e. The van der Waals surface area contributed by atoms with Gasteiger partial charge in [0.15, 0.2) is 4.77 Å². The number of aromatic amines is 1. The molecule has 134 valence electrons. The lowest BCUT2D eigenvalue weighted by Crippen LogP contribution is -2.40. The third kappa shape index (κ3) is 4.00. The largest absolute Gasteiger partial charge is 0.354 e. The van der Waals surface area contributed by atoms with E-state index in [1.165, 1.54) is 18.4 Å². The van der Waals surface area contributed by atoms with Crippen molar-refractivity contribution in [2.45, 2.75) is 57.4 Å². The molecule has 1 aromatic heterocycles. The normalized spacial score (nSPS) is 16.0. The third-order valence-corrected chi connectivity index (χ3v) is 5.50. The summed E-state index contributed by atoms with van der Waals surface area (Å²) in [6, 6.07) is 10.6. The summed E-state index contributed by atoms with van der Waals surface area (Å²) >= 11 is 5.26. The van der Waals surface area contributed by atoms with Crippen molar-refractivity contribution >= 4 is 18.1 Å². The second-order valence-corrected chi connectivity index (χ2v) is 7.30.